The van der Waals surface area contributed by atoms with Crippen LogP contribution in [0.4, 0.5) is 0 Å². The summed E-state index contributed by atoms with van der Waals surface area (Å²) >= 11 is 0. The third-order valence-corrected chi connectivity index (χ3v) is 3.28. The third kappa shape index (κ3) is 4.10. The van der Waals surface area contributed by atoms with E-state index in [1.54, 1.807) is 0 Å². The minimum atomic E-state index is 0.0545. The molecule has 1 aliphatic rings. The van der Waals surface area contributed by atoms with Gasteiger partial charge in [0, 0.05) is 25.5 Å². The van der Waals surface area contributed by atoms with Gasteiger partial charge in [0.05, 0.1) is 5.60 Å². The van der Waals surface area contributed by atoms with Gasteiger partial charge in [-0.15, -0.1) is 0 Å². The number of nitrogens with one attached hydrogen (secondary N) is 1. The predicted octanol–water partition coefficient (Wildman–Crippen LogP) is 2.38. The Labute approximate surface area is 104 Å². The summed E-state index contributed by atoms with van der Waals surface area (Å²) in [5.74, 6) is 0.732. The lowest BCUT2D eigenvalue weighted by Crippen LogP contribution is -2.37. The van der Waals surface area contributed by atoms with Gasteiger partial charge in [-0.2, -0.15) is 0 Å². The zero-order chi connectivity index (χ0) is 12.1. The monoisotopic (exact) mass is 234 g/mol. The molecule has 0 aliphatic carbocycles. The Balaban J connectivity index is 1.72. The van der Waals surface area contributed by atoms with E-state index in [-0.39, 0.29) is 5.60 Å². The SMILES string of the molecule is CC1(C)C[C@H](CNCc2cccnc2)CCO1. The van der Waals surface area contributed by atoms with Crippen LogP contribution in [0.1, 0.15) is 32.3 Å². The van der Waals surface area contributed by atoms with Crippen LogP contribution in [0.5, 0.6) is 0 Å². The van der Waals surface area contributed by atoms with Crippen molar-refractivity contribution in [2.75, 3.05) is 13.2 Å². The third-order valence-electron chi connectivity index (χ3n) is 3.28. The van der Waals surface area contributed by atoms with Crippen molar-refractivity contribution in [3.05, 3.63) is 30.1 Å². The van der Waals surface area contributed by atoms with Crippen molar-refractivity contribution in [2.24, 2.45) is 5.92 Å². The number of nitrogens with zero attached hydrogens (tertiary/aromatic N) is 1. The van der Waals surface area contributed by atoms with Crippen molar-refractivity contribution < 1.29 is 4.74 Å². The molecule has 2 heterocycles. The normalized spacial score (nSPS) is 23.5. The first-order chi connectivity index (χ1) is 8.16. The lowest BCUT2D eigenvalue weighted by atomic mass is 9.88. The second-order valence-corrected chi connectivity index (χ2v) is 5.46. The first-order valence-electron chi connectivity index (χ1n) is 6.39. The van der Waals surface area contributed by atoms with Crippen LogP contribution in [0, 0.1) is 5.92 Å². The molecule has 1 aromatic rings. The van der Waals surface area contributed by atoms with Gasteiger partial charge >= 0.3 is 0 Å². The molecule has 1 aliphatic heterocycles. The van der Waals surface area contributed by atoms with Gasteiger partial charge < -0.3 is 10.1 Å². The molecule has 17 heavy (non-hydrogen) atoms. The van der Waals surface area contributed by atoms with Crippen LogP contribution in [0.3, 0.4) is 0 Å². The van der Waals surface area contributed by atoms with E-state index in [2.05, 4.69) is 30.2 Å². The molecular formula is C14H22N2O. The van der Waals surface area contributed by atoms with E-state index < -0.39 is 0 Å². The van der Waals surface area contributed by atoms with E-state index in [0.29, 0.717) is 0 Å². The molecule has 0 bridgehead atoms. The van der Waals surface area contributed by atoms with Crippen molar-refractivity contribution >= 4 is 0 Å². The van der Waals surface area contributed by atoms with Crippen molar-refractivity contribution in [3.8, 4) is 0 Å². The highest BCUT2D eigenvalue weighted by molar-refractivity contribution is 5.07. The van der Waals surface area contributed by atoms with Crippen LogP contribution in [0.25, 0.3) is 0 Å². The minimum absolute atomic E-state index is 0.0545. The molecule has 0 unspecified atom stereocenters. The van der Waals surface area contributed by atoms with Gasteiger partial charge in [0.25, 0.3) is 0 Å². The average molecular weight is 234 g/mol. The molecule has 1 fully saturated rings. The van der Waals surface area contributed by atoms with Crippen LogP contribution < -0.4 is 5.32 Å². The first-order valence-corrected chi connectivity index (χ1v) is 6.39. The van der Waals surface area contributed by atoms with E-state index >= 15 is 0 Å². The Kier molecular flexibility index (Phi) is 4.13. The Hall–Kier alpha value is -0.930. The zero-order valence-corrected chi connectivity index (χ0v) is 10.8. The fourth-order valence-corrected chi connectivity index (χ4v) is 2.46. The number of rotatable bonds is 4. The number of hydrogen-bond acceptors (Lipinski definition) is 3. The number of aromatic nitrogens is 1. The molecule has 1 N–H and O–H groups in total. The van der Waals surface area contributed by atoms with Gasteiger partial charge in [0.15, 0.2) is 0 Å². The largest absolute Gasteiger partial charge is 0.376 e. The van der Waals surface area contributed by atoms with Gasteiger partial charge in [0.2, 0.25) is 0 Å². The van der Waals surface area contributed by atoms with Gasteiger partial charge in [-0.3, -0.25) is 4.98 Å². The highest BCUT2D eigenvalue weighted by Gasteiger charge is 2.28. The van der Waals surface area contributed by atoms with Crippen molar-refractivity contribution in [3.63, 3.8) is 0 Å². The van der Waals surface area contributed by atoms with Crippen molar-refractivity contribution in [2.45, 2.75) is 38.8 Å². The van der Waals surface area contributed by atoms with E-state index in [1.165, 1.54) is 12.0 Å². The first kappa shape index (κ1) is 12.5. The minimum Gasteiger partial charge on any atom is -0.376 e. The second-order valence-electron chi connectivity index (χ2n) is 5.46. The van der Waals surface area contributed by atoms with Crippen LogP contribution in [-0.2, 0) is 11.3 Å². The molecule has 1 saturated heterocycles. The molecule has 0 amide bonds. The number of pyridine rings is 1. The van der Waals surface area contributed by atoms with Gasteiger partial charge in [-0.1, -0.05) is 6.07 Å². The lowest BCUT2D eigenvalue weighted by molar-refractivity contribution is -0.0718. The van der Waals surface area contributed by atoms with Crippen LogP contribution in [0.2, 0.25) is 0 Å². The summed E-state index contributed by atoms with van der Waals surface area (Å²) in [6.45, 7) is 7.24. The van der Waals surface area contributed by atoms with Crippen LogP contribution >= 0.6 is 0 Å². The molecule has 3 heteroatoms. The van der Waals surface area contributed by atoms with Crippen LogP contribution in [-0.4, -0.2) is 23.7 Å². The molecule has 1 atom stereocenters. The van der Waals surface area contributed by atoms with Gasteiger partial charge in [-0.25, -0.2) is 0 Å². The molecule has 3 nitrogen and oxygen atoms in total. The summed E-state index contributed by atoms with van der Waals surface area (Å²) in [5, 5.41) is 3.51. The maximum Gasteiger partial charge on any atom is 0.0629 e. The van der Waals surface area contributed by atoms with E-state index in [9.17, 15) is 0 Å². The van der Waals surface area contributed by atoms with E-state index in [0.717, 1.165) is 32.0 Å². The Bertz CT molecular complexity index is 337. The smallest absolute Gasteiger partial charge is 0.0629 e. The number of hydrogen-bond donors (Lipinski definition) is 1. The maximum atomic E-state index is 5.72. The summed E-state index contributed by atoms with van der Waals surface area (Å²) in [5.41, 5.74) is 1.30. The Morgan fingerprint density at radius 2 is 2.41 bits per heavy atom. The Morgan fingerprint density at radius 3 is 3.12 bits per heavy atom. The molecule has 94 valence electrons. The lowest BCUT2D eigenvalue weighted by Gasteiger charge is -2.35. The summed E-state index contributed by atoms with van der Waals surface area (Å²) in [7, 11) is 0. The molecule has 0 radical (unpaired) electrons. The molecule has 1 aromatic heterocycles. The quantitative estimate of drug-likeness (QED) is 0.868. The predicted molar refractivity (Wildman–Crippen MR) is 68.7 cm³/mol. The summed E-state index contributed by atoms with van der Waals surface area (Å²) in [6, 6.07) is 4.09. The summed E-state index contributed by atoms with van der Waals surface area (Å²) in [6.07, 6.45) is 6.04. The highest BCUT2D eigenvalue weighted by Crippen LogP contribution is 2.27. The second kappa shape index (κ2) is 5.61. The molecule has 0 aromatic carbocycles. The van der Waals surface area contributed by atoms with Crippen molar-refractivity contribution in [1.82, 2.24) is 10.3 Å². The average Bonchev–Trinajstić information content (AvgIpc) is 2.29. The highest BCUT2D eigenvalue weighted by atomic mass is 16.5. The summed E-state index contributed by atoms with van der Waals surface area (Å²) in [4.78, 5) is 4.11. The van der Waals surface area contributed by atoms with Crippen molar-refractivity contribution in [1.29, 1.82) is 0 Å². The molecule has 0 spiro atoms. The van der Waals surface area contributed by atoms with E-state index in [1.807, 2.05) is 18.5 Å². The van der Waals surface area contributed by atoms with Gasteiger partial charge in [-0.05, 0) is 50.8 Å². The molecule has 0 saturated carbocycles. The maximum absolute atomic E-state index is 5.72. The molecule has 2 rings (SSSR count). The summed E-state index contributed by atoms with van der Waals surface area (Å²) < 4.78 is 5.72. The topological polar surface area (TPSA) is 34.2 Å². The number of ether oxygens (including phenoxy) is 1. The van der Waals surface area contributed by atoms with Gasteiger partial charge in [0.1, 0.15) is 0 Å². The van der Waals surface area contributed by atoms with Crippen LogP contribution in [0.15, 0.2) is 24.5 Å². The Morgan fingerprint density at radius 1 is 1.53 bits per heavy atom. The standard InChI is InChI=1S/C14H22N2O/c1-14(2)8-12(5-7-17-14)9-16-11-13-4-3-6-15-10-13/h3-4,6,10,12,16H,5,7-9,11H2,1-2H3/t12-/m1/s1. The molecular weight excluding hydrogens is 212 g/mol. The fourth-order valence-electron chi connectivity index (χ4n) is 2.46. The fraction of sp³-hybridized carbons (Fsp3) is 0.643. The zero-order valence-electron chi connectivity index (χ0n) is 10.8. The van der Waals surface area contributed by atoms with E-state index in [4.69, 9.17) is 4.74 Å².